The normalized spacial score (nSPS) is 10.5. The average Bonchev–Trinajstić information content (AvgIpc) is 2.98. The minimum atomic E-state index is -0.507. The standard InChI is InChI=1S/C17H15N3O3/c1-23-13-6-7-14-11(8-13)9-15(20-14)17(22)19-12-4-2-10(3-5-12)16(18)21/h2-9,20H,1H3,(H2,18,21)(H,19,22). The predicted octanol–water partition coefficient (Wildman–Crippen LogP) is 2.53. The van der Waals surface area contributed by atoms with Crippen molar-refractivity contribution >= 4 is 28.4 Å². The van der Waals surface area contributed by atoms with Gasteiger partial charge >= 0.3 is 0 Å². The lowest BCUT2D eigenvalue weighted by Gasteiger charge is -2.04. The molecule has 0 aliphatic carbocycles. The fraction of sp³-hybridized carbons (Fsp3) is 0.0588. The Labute approximate surface area is 132 Å². The van der Waals surface area contributed by atoms with Gasteiger partial charge in [0.25, 0.3) is 5.91 Å². The third-order valence-electron chi connectivity index (χ3n) is 3.50. The van der Waals surface area contributed by atoms with Gasteiger partial charge in [-0.2, -0.15) is 0 Å². The largest absolute Gasteiger partial charge is 0.497 e. The van der Waals surface area contributed by atoms with Crippen molar-refractivity contribution in [2.45, 2.75) is 0 Å². The molecule has 0 radical (unpaired) electrons. The van der Waals surface area contributed by atoms with E-state index in [4.69, 9.17) is 10.5 Å². The number of anilines is 1. The van der Waals surface area contributed by atoms with Gasteiger partial charge in [-0.3, -0.25) is 9.59 Å². The number of methoxy groups -OCH3 is 1. The molecule has 0 atom stereocenters. The maximum Gasteiger partial charge on any atom is 0.272 e. The summed E-state index contributed by atoms with van der Waals surface area (Å²) in [5, 5.41) is 3.65. The van der Waals surface area contributed by atoms with E-state index in [2.05, 4.69) is 10.3 Å². The molecule has 3 aromatic rings. The number of amides is 2. The third kappa shape index (κ3) is 3.01. The zero-order chi connectivity index (χ0) is 16.4. The molecule has 0 unspecified atom stereocenters. The van der Waals surface area contributed by atoms with Crippen LogP contribution in [0.1, 0.15) is 20.8 Å². The summed E-state index contributed by atoms with van der Waals surface area (Å²) in [6.07, 6.45) is 0. The van der Waals surface area contributed by atoms with Crippen LogP contribution in [0, 0.1) is 0 Å². The molecular weight excluding hydrogens is 294 g/mol. The Morgan fingerprint density at radius 1 is 1.09 bits per heavy atom. The zero-order valence-electron chi connectivity index (χ0n) is 12.4. The van der Waals surface area contributed by atoms with E-state index in [-0.39, 0.29) is 5.91 Å². The van der Waals surface area contributed by atoms with Gasteiger partial charge < -0.3 is 20.8 Å². The minimum Gasteiger partial charge on any atom is -0.497 e. The van der Waals surface area contributed by atoms with E-state index >= 15 is 0 Å². The highest BCUT2D eigenvalue weighted by molar-refractivity contribution is 6.06. The van der Waals surface area contributed by atoms with Crippen molar-refractivity contribution in [1.29, 1.82) is 0 Å². The maximum atomic E-state index is 12.3. The number of aromatic amines is 1. The second-order valence-corrected chi connectivity index (χ2v) is 5.03. The molecule has 0 aliphatic rings. The van der Waals surface area contributed by atoms with Gasteiger partial charge in [-0.1, -0.05) is 0 Å². The van der Waals surface area contributed by atoms with Gasteiger partial charge in [0.05, 0.1) is 7.11 Å². The van der Waals surface area contributed by atoms with Crippen LogP contribution >= 0.6 is 0 Å². The van der Waals surface area contributed by atoms with Crippen LogP contribution in [-0.4, -0.2) is 23.9 Å². The van der Waals surface area contributed by atoms with Crippen LogP contribution in [0.2, 0.25) is 0 Å². The van der Waals surface area contributed by atoms with Gasteiger partial charge in [-0.05, 0) is 48.5 Å². The Morgan fingerprint density at radius 2 is 1.83 bits per heavy atom. The SMILES string of the molecule is COc1ccc2[nH]c(C(=O)Nc3ccc(C(N)=O)cc3)cc2c1. The molecule has 0 saturated heterocycles. The van der Waals surface area contributed by atoms with E-state index in [0.29, 0.717) is 16.9 Å². The predicted molar refractivity (Wildman–Crippen MR) is 87.8 cm³/mol. The van der Waals surface area contributed by atoms with Crippen molar-refractivity contribution in [3.8, 4) is 5.75 Å². The van der Waals surface area contributed by atoms with Gasteiger partial charge in [-0.25, -0.2) is 0 Å². The Balaban J connectivity index is 1.81. The molecule has 1 heterocycles. The molecule has 116 valence electrons. The second-order valence-electron chi connectivity index (χ2n) is 5.03. The van der Waals surface area contributed by atoms with Crippen LogP contribution in [-0.2, 0) is 0 Å². The van der Waals surface area contributed by atoms with Gasteiger partial charge in [0.15, 0.2) is 0 Å². The first-order valence-electron chi connectivity index (χ1n) is 6.95. The van der Waals surface area contributed by atoms with Crippen LogP contribution in [0.25, 0.3) is 10.9 Å². The number of rotatable bonds is 4. The number of hydrogen-bond acceptors (Lipinski definition) is 3. The number of primary amides is 1. The molecule has 0 aliphatic heterocycles. The summed E-state index contributed by atoms with van der Waals surface area (Å²) in [6.45, 7) is 0. The van der Waals surface area contributed by atoms with E-state index in [1.165, 1.54) is 0 Å². The van der Waals surface area contributed by atoms with Crippen molar-refractivity contribution in [2.24, 2.45) is 5.73 Å². The monoisotopic (exact) mass is 309 g/mol. The molecule has 6 nitrogen and oxygen atoms in total. The fourth-order valence-corrected chi connectivity index (χ4v) is 2.28. The summed E-state index contributed by atoms with van der Waals surface area (Å²) in [4.78, 5) is 26.4. The number of ether oxygens (including phenoxy) is 1. The first-order chi connectivity index (χ1) is 11.1. The van der Waals surface area contributed by atoms with Crippen molar-refractivity contribution < 1.29 is 14.3 Å². The molecule has 4 N–H and O–H groups in total. The second kappa shape index (κ2) is 5.84. The van der Waals surface area contributed by atoms with Crippen LogP contribution in [0.15, 0.2) is 48.5 Å². The summed E-state index contributed by atoms with van der Waals surface area (Å²) in [5.41, 5.74) is 7.44. The average molecular weight is 309 g/mol. The molecule has 23 heavy (non-hydrogen) atoms. The van der Waals surface area contributed by atoms with E-state index in [1.54, 1.807) is 37.4 Å². The van der Waals surface area contributed by atoms with E-state index in [0.717, 1.165) is 16.7 Å². The zero-order valence-corrected chi connectivity index (χ0v) is 12.4. The maximum absolute atomic E-state index is 12.3. The van der Waals surface area contributed by atoms with Gasteiger partial charge in [0.1, 0.15) is 11.4 Å². The van der Waals surface area contributed by atoms with Crippen LogP contribution in [0.5, 0.6) is 5.75 Å². The highest BCUT2D eigenvalue weighted by Gasteiger charge is 2.11. The van der Waals surface area contributed by atoms with Crippen LogP contribution < -0.4 is 15.8 Å². The van der Waals surface area contributed by atoms with E-state index < -0.39 is 5.91 Å². The van der Waals surface area contributed by atoms with E-state index in [9.17, 15) is 9.59 Å². The minimum absolute atomic E-state index is 0.271. The van der Waals surface area contributed by atoms with E-state index in [1.807, 2.05) is 18.2 Å². The number of fused-ring (bicyclic) bond motifs is 1. The smallest absolute Gasteiger partial charge is 0.272 e. The molecule has 0 spiro atoms. The molecule has 0 bridgehead atoms. The summed E-state index contributed by atoms with van der Waals surface area (Å²) in [5.74, 6) is -0.0510. The van der Waals surface area contributed by atoms with Crippen molar-refractivity contribution in [3.63, 3.8) is 0 Å². The topological polar surface area (TPSA) is 97.2 Å². The molecule has 2 amide bonds. The molecule has 1 aromatic heterocycles. The number of aromatic nitrogens is 1. The van der Waals surface area contributed by atoms with Crippen molar-refractivity contribution in [3.05, 3.63) is 59.8 Å². The quantitative estimate of drug-likeness (QED) is 0.690. The highest BCUT2D eigenvalue weighted by atomic mass is 16.5. The van der Waals surface area contributed by atoms with Gasteiger partial charge in [0, 0.05) is 22.2 Å². The number of carbonyl (C=O) groups is 2. The lowest BCUT2D eigenvalue weighted by atomic mass is 10.2. The first kappa shape index (κ1) is 14.6. The Morgan fingerprint density at radius 3 is 2.48 bits per heavy atom. The van der Waals surface area contributed by atoms with Crippen LogP contribution in [0.3, 0.4) is 0 Å². The lowest BCUT2D eigenvalue weighted by molar-refractivity contribution is 0.0998. The van der Waals surface area contributed by atoms with Gasteiger partial charge in [0.2, 0.25) is 5.91 Å². The first-order valence-corrected chi connectivity index (χ1v) is 6.95. The van der Waals surface area contributed by atoms with Gasteiger partial charge in [-0.15, -0.1) is 0 Å². The molecule has 2 aromatic carbocycles. The number of nitrogens with one attached hydrogen (secondary N) is 2. The fourth-order valence-electron chi connectivity index (χ4n) is 2.28. The van der Waals surface area contributed by atoms with Crippen molar-refractivity contribution in [1.82, 2.24) is 4.98 Å². The third-order valence-corrected chi connectivity index (χ3v) is 3.50. The highest BCUT2D eigenvalue weighted by Crippen LogP contribution is 2.22. The Bertz CT molecular complexity index is 882. The Hall–Kier alpha value is -3.28. The summed E-state index contributed by atoms with van der Waals surface area (Å²) in [7, 11) is 1.59. The van der Waals surface area contributed by atoms with Crippen LogP contribution in [0.4, 0.5) is 5.69 Å². The number of hydrogen-bond donors (Lipinski definition) is 3. The molecule has 0 saturated carbocycles. The number of benzene rings is 2. The molecule has 0 fully saturated rings. The van der Waals surface area contributed by atoms with Crippen molar-refractivity contribution in [2.75, 3.05) is 12.4 Å². The number of nitrogens with two attached hydrogens (primary N) is 1. The summed E-state index contributed by atoms with van der Waals surface area (Å²) in [6, 6.07) is 13.7. The number of H-pyrrole nitrogens is 1. The number of carbonyl (C=O) groups excluding carboxylic acids is 2. The Kier molecular flexibility index (Phi) is 3.72. The molecular formula is C17H15N3O3. The lowest BCUT2D eigenvalue weighted by Crippen LogP contribution is -2.13. The molecule has 6 heteroatoms. The molecule has 3 rings (SSSR count). The summed E-state index contributed by atoms with van der Waals surface area (Å²) >= 11 is 0. The summed E-state index contributed by atoms with van der Waals surface area (Å²) < 4.78 is 5.17.